The third-order valence-corrected chi connectivity index (χ3v) is 5.47. The lowest BCUT2D eigenvalue weighted by Gasteiger charge is -2.02. The summed E-state index contributed by atoms with van der Waals surface area (Å²) in [5.41, 5.74) is 7.07. The van der Waals surface area contributed by atoms with E-state index in [1.807, 2.05) is 35.2 Å². The monoisotopic (exact) mass is 448 g/mol. The van der Waals surface area contributed by atoms with E-state index in [0.717, 1.165) is 11.5 Å². The lowest BCUT2D eigenvalue weighted by Crippen LogP contribution is -2.20. The summed E-state index contributed by atoms with van der Waals surface area (Å²) < 4.78 is 6.65. The number of esters is 1. The molecule has 0 fully saturated rings. The molecule has 0 atom stereocenters. The first kappa shape index (κ1) is 23.4. The summed E-state index contributed by atoms with van der Waals surface area (Å²) in [4.78, 5) is 26.4. The first-order valence-corrected chi connectivity index (χ1v) is 10.9. The van der Waals surface area contributed by atoms with Crippen molar-refractivity contribution < 1.29 is 14.3 Å². The summed E-state index contributed by atoms with van der Waals surface area (Å²) in [6.07, 6.45) is 0.581. The molecule has 0 spiro atoms. The number of nitrogens with two attached hydrogens (primary N) is 1. The fraction of sp³-hybridized carbons (Fsp3) is 0.316. The highest BCUT2D eigenvalue weighted by Crippen LogP contribution is 2.18. The van der Waals surface area contributed by atoms with E-state index < -0.39 is 0 Å². The van der Waals surface area contributed by atoms with Crippen LogP contribution >= 0.6 is 23.1 Å². The van der Waals surface area contributed by atoms with Gasteiger partial charge < -0.3 is 20.4 Å². The van der Waals surface area contributed by atoms with Crippen molar-refractivity contribution in [2.24, 2.45) is 7.05 Å². The number of anilines is 1. The molecule has 0 aliphatic rings. The van der Waals surface area contributed by atoms with Crippen molar-refractivity contribution in [1.29, 1.82) is 0 Å². The van der Waals surface area contributed by atoms with Crippen LogP contribution in [0.4, 0.5) is 5.13 Å². The normalized spacial score (nSPS) is 10.1. The Labute approximate surface area is 183 Å². The Kier molecular flexibility index (Phi) is 9.29. The number of thiazole rings is 1. The number of thioether (sulfide) groups is 1. The Morgan fingerprint density at radius 1 is 1.27 bits per heavy atom. The van der Waals surface area contributed by atoms with Crippen LogP contribution in [-0.2, 0) is 23.0 Å². The second kappa shape index (κ2) is 11.9. The lowest BCUT2D eigenvalue weighted by atomic mass is 10.2. The van der Waals surface area contributed by atoms with Crippen molar-refractivity contribution in [1.82, 2.24) is 25.1 Å². The van der Waals surface area contributed by atoms with Gasteiger partial charge in [-0.25, -0.2) is 9.78 Å². The lowest BCUT2D eigenvalue weighted by molar-refractivity contribution is -0.118. The van der Waals surface area contributed by atoms with Gasteiger partial charge in [0.1, 0.15) is 5.82 Å². The summed E-state index contributed by atoms with van der Waals surface area (Å²) >= 11 is 2.76. The molecule has 3 N–H and O–H groups in total. The minimum atomic E-state index is -0.256. The molecule has 0 saturated carbocycles. The zero-order valence-electron chi connectivity index (χ0n) is 17.0. The first-order valence-electron chi connectivity index (χ1n) is 9.08. The fourth-order valence-corrected chi connectivity index (χ4v) is 3.55. The molecule has 3 aromatic rings. The Morgan fingerprint density at radius 3 is 2.60 bits per heavy atom. The third kappa shape index (κ3) is 7.16. The molecule has 30 heavy (non-hydrogen) atoms. The average Bonchev–Trinajstić information content (AvgIpc) is 3.33. The number of nitrogens with zero attached hydrogens (tertiary/aromatic N) is 4. The maximum absolute atomic E-state index is 11.2. The van der Waals surface area contributed by atoms with E-state index in [-0.39, 0.29) is 11.9 Å². The van der Waals surface area contributed by atoms with E-state index >= 15 is 0 Å². The number of carbonyl (C=O) groups excluding carboxylic acids is 2. The van der Waals surface area contributed by atoms with Crippen LogP contribution in [0.5, 0.6) is 0 Å². The SMILES string of the molecule is CCOC(=O)c1ccccc1.CNC(=O)CSc1nnc(Cc2csc(N)n2)n1C. The molecule has 0 saturated heterocycles. The second-order valence-electron chi connectivity index (χ2n) is 5.86. The van der Waals surface area contributed by atoms with Gasteiger partial charge in [-0.05, 0) is 19.1 Å². The Morgan fingerprint density at radius 2 is 2.00 bits per heavy atom. The molecule has 2 aromatic heterocycles. The Balaban J connectivity index is 0.000000248. The highest BCUT2D eigenvalue weighted by Gasteiger charge is 2.12. The topological polar surface area (TPSA) is 125 Å². The maximum atomic E-state index is 11.2. The van der Waals surface area contributed by atoms with Gasteiger partial charge in [0.25, 0.3) is 0 Å². The van der Waals surface area contributed by atoms with Gasteiger partial charge in [0.2, 0.25) is 5.91 Å². The number of aromatic nitrogens is 4. The first-order chi connectivity index (χ1) is 14.4. The molecule has 0 unspecified atom stereocenters. The van der Waals surface area contributed by atoms with Crippen molar-refractivity contribution >= 4 is 40.1 Å². The number of benzene rings is 1. The smallest absolute Gasteiger partial charge is 0.338 e. The molecule has 2 heterocycles. The van der Waals surface area contributed by atoms with Gasteiger partial charge in [0.05, 0.1) is 30.0 Å². The van der Waals surface area contributed by atoms with Gasteiger partial charge in [-0.1, -0.05) is 30.0 Å². The van der Waals surface area contributed by atoms with Gasteiger partial charge >= 0.3 is 5.97 Å². The van der Waals surface area contributed by atoms with Crippen LogP contribution in [0.15, 0.2) is 40.9 Å². The molecular formula is C19H24N6O3S2. The van der Waals surface area contributed by atoms with Crippen LogP contribution in [0, 0.1) is 0 Å². The number of nitrogen functional groups attached to an aromatic ring is 1. The number of hydrogen-bond acceptors (Lipinski definition) is 9. The average molecular weight is 449 g/mol. The summed E-state index contributed by atoms with van der Waals surface area (Å²) in [5, 5.41) is 13.9. The van der Waals surface area contributed by atoms with E-state index in [9.17, 15) is 9.59 Å². The highest BCUT2D eigenvalue weighted by molar-refractivity contribution is 7.99. The van der Waals surface area contributed by atoms with E-state index in [0.29, 0.717) is 34.6 Å². The summed E-state index contributed by atoms with van der Waals surface area (Å²) in [7, 11) is 3.48. The Hall–Kier alpha value is -2.92. The Bertz CT molecular complexity index is 958. The third-order valence-electron chi connectivity index (χ3n) is 3.73. The van der Waals surface area contributed by atoms with Crippen LogP contribution in [0.1, 0.15) is 28.8 Å². The largest absolute Gasteiger partial charge is 0.462 e. The molecule has 160 valence electrons. The van der Waals surface area contributed by atoms with Gasteiger partial charge in [-0.3, -0.25) is 4.79 Å². The number of amides is 1. The van der Waals surface area contributed by atoms with Crippen molar-refractivity contribution in [2.45, 2.75) is 18.5 Å². The van der Waals surface area contributed by atoms with Crippen molar-refractivity contribution in [2.75, 3.05) is 25.1 Å². The molecule has 0 aliphatic heterocycles. The van der Waals surface area contributed by atoms with Crippen LogP contribution in [-0.4, -0.2) is 51.0 Å². The van der Waals surface area contributed by atoms with E-state index in [1.165, 1.54) is 23.1 Å². The molecule has 0 bridgehead atoms. The quantitative estimate of drug-likeness (QED) is 0.416. The van der Waals surface area contributed by atoms with Gasteiger partial charge in [0, 0.05) is 19.5 Å². The minimum absolute atomic E-state index is 0.0400. The van der Waals surface area contributed by atoms with Crippen molar-refractivity contribution in [3.05, 3.63) is 52.8 Å². The number of ether oxygens (including phenoxy) is 1. The van der Waals surface area contributed by atoms with Gasteiger partial charge in [0.15, 0.2) is 10.3 Å². The molecule has 1 amide bonds. The summed E-state index contributed by atoms with van der Waals surface area (Å²) in [5.74, 6) is 0.825. The molecule has 0 aliphatic carbocycles. The van der Waals surface area contributed by atoms with E-state index in [4.69, 9.17) is 10.5 Å². The summed E-state index contributed by atoms with van der Waals surface area (Å²) in [6, 6.07) is 8.96. The number of hydrogen-bond donors (Lipinski definition) is 2. The number of rotatable bonds is 7. The molecule has 1 aromatic carbocycles. The molecular weight excluding hydrogens is 424 g/mol. The van der Waals surface area contributed by atoms with Crippen molar-refractivity contribution in [3.63, 3.8) is 0 Å². The number of carbonyl (C=O) groups is 2. The van der Waals surface area contributed by atoms with Crippen LogP contribution in [0.2, 0.25) is 0 Å². The van der Waals surface area contributed by atoms with Crippen LogP contribution in [0.3, 0.4) is 0 Å². The predicted octanol–water partition coefficient (Wildman–Crippen LogP) is 2.15. The standard InChI is InChI=1S/C10H14N6OS2.C9H10O2/c1-12-8(17)5-19-10-15-14-7(16(10)2)3-6-4-18-9(11)13-6;1-2-11-9(10)8-6-4-3-5-7-8/h4H,3,5H2,1-2H3,(H2,11,13)(H,12,17);3-7H,2H2,1H3. The molecule has 0 radical (unpaired) electrons. The second-order valence-corrected chi connectivity index (χ2v) is 7.69. The van der Waals surface area contributed by atoms with Crippen LogP contribution in [0.25, 0.3) is 0 Å². The minimum Gasteiger partial charge on any atom is -0.462 e. The van der Waals surface area contributed by atoms with E-state index in [1.54, 1.807) is 26.1 Å². The van der Waals surface area contributed by atoms with Crippen molar-refractivity contribution in [3.8, 4) is 0 Å². The van der Waals surface area contributed by atoms with Gasteiger partial charge in [-0.15, -0.1) is 21.5 Å². The molecule has 11 heteroatoms. The number of nitrogens with one attached hydrogen (secondary N) is 1. The predicted molar refractivity (Wildman–Crippen MR) is 118 cm³/mol. The van der Waals surface area contributed by atoms with Gasteiger partial charge in [-0.2, -0.15) is 0 Å². The zero-order valence-corrected chi connectivity index (χ0v) is 18.6. The highest BCUT2D eigenvalue weighted by atomic mass is 32.2. The molecule has 3 rings (SSSR count). The zero-order chi connectivity index (χ0) is 21.9. The van der Waals surface area contributed by atoms with E-state index in [2.05, 4.69) is 20.5 Å². The van der Waals surface area contributed by atoms with Crippen LogP contribution < -0.4 is 11.1 Å². The maximum Gasteiger partial charge on any atom is 0.338 e. The summed E-state index contributed by atoms with van der Waals surface area (Å²) in [6.45, 7) is 2.22. The molecule has 9 nitrogen and oxygen atoms in total. The fourth-order valence-electron chi connectivity index (χ4n) is 2.18.